The molecule has 0 aliphatic heterocycles. The normalized spacial score (nSPS) is 9.95. The Morgan fingerprint density at radius 1 is 1.00 bits per heavy atom. The Kier molecular flexibility index (Phi) is 5.10. The molecule has 0 bridgehead atoms. The van der Waals surface area contributed by atoms with Crippen molar-refractivity contribution in [2.75, 3.05) is 13.7 Å². The zero-order chi connectivity index (χ0) is 15.1. The second kappa shape index (κ2) is 7.24. The number of rotatable bonds is 5. The molecule has 0 atom stereocenters. The van der Waals surface area contributed by atoms with Gasteiger partial charge < -0.3 is 10.1 Å². The Morgan fingerprint density at radius 3 is 2.38 bits per heavy atom. The molecule has 0 unspecified atom stereocenters. The van der Waals surface area contributed by atoms with E-state index in [0.29, 0.717) is 12.0 Å². The first-order valence-corrected chi connectivity index (χ1v) is 6.67. The maximum atomic E-state index is 12.2. The summed E-state index contributed by atoms with van der Waals surface area (Å²) in [5.41, 5.74) is 2.63. The lowest BCUT2D eigenvalue weighted by molar-refractivity contribution is -0.139. The number of ether oxygens (including phenoxy) is 1. The van der Waals surface area contributed by atoms with Gasteiger partial charge in [-0.2, -0.15) is 0 Å². The van der Waals surface area contributed by atoms with E-state index in [1.165, 1.54) is 7.11 Å². The van der Waals surface area contributed by atoms with E-state index in [2.05, 4.69) is 10.1 Å². The summed E-state index contributed by atoms with van der Waals surface area (Å²) in [5.74, 6) is -0.740. The molecule has 0 aliphatic rings. The summed E-state index contributed by atoms with van der Waals surface area (Å²) in [6.07, 6.45) is 0.669. The van der Waals surface area contributed by atoms with Crippen molar-refractivity contribution < 1.29 is 14.3 Å². The molecule has 4 heteroatoms. The van der Waals surface area contributed by atoms with E-state index >= 15 is 0 Å². The first kappa shape index (κ1) is 14.8. The average molecular weight is 283 g/mol. The highest BCUT2D eigenvalue weighted by molar-refractivity contribution is 5.97. The number of benzene rings is 2. The molecule has 108 valence electrons. The number of esters is 1. The van der Waals surface area contributed by atoms with Gasteiger partial charge in [-0.15, -0.1) is 0 Å². The number of amides is 1. The third-order valence-electron chi connectivity index (χ3n) is 3.12. The predicted molar refractivity (Wildman–Crippen MR) is 80.0 cm³/mol. The van der Waals surface area contributed by atoms with Gasteiger partial charge in [0.25, 0.3) is 5.91 Å². The van der Waals surface area contributed by atoms with Gasteiger partial charge in [0.2, 0.25) is 0 Å². The summed E-state index contributed by atoms with van der Waals surface area (Å²) in [4.78, 5) is 23.2. The van der Waals surface area contributed by atoms with Crippen LogP contribution in [0.1, 0.15) is 21.5 Å². The molecule has 4 nitrogen and oxygen atoms in total. The smallest absolute Gasteiger partial charge is 0.325 e. The Balaban J connectivity index is 2.13. The van der Waals surface area contributed by atoms with Gasteiger partial charge in [-0.05, 0) is 23.6 Å². The van der Waals surface area contributed by atoms with Crippen molar-refractivity contribution in [2.45, 2.75) is 6.42 Å². The summed E-state index contributed by atoms with van der Waals surface area (Å²) < 4.78 is 4.51. The van der Waals surface area contributed by atoms with Crippen LogP contribution in [0.2, 0.25) is 0 Å². The molecule has 0 heterocycles. The molecule has 0 aromatic heterocycles. The lowest BCUT2D eigenvalue weighted by Crippen LogP contribution is -2.30. The highest BCUT2D eigenvalue weighted by atomic mass is 16.5. The molecule has 1 amide bonds. The van der Waals surface area contributed by atoms with Crippen LogP contribution in [0.4, 0.5) is 0 Å². The van der Waals surface area contributed by atoms with Gasteiger partial charge in [-0.25, -0.2) is 0 Å². The molecule has 2 aromatic rings. The fraction of sp³-hybridized carbons (Fsp3) is 0.176. The summed E-state index contributed by atoms with van der Waals surface area (Å²) in [6, 6.07) is 17.3. The number of hydrogen-bond acceptors (Lipinski definition) is 3. The number of carbonyl (C=O) groups excluding carboxylic acids is 2. The van der Waals surface area contributed by atoms with E-state index in [0.717, 1.165) is 11.1 Å². The molecule has 21 heavy (non-hydrogen) atoms. The van der Waals surface area contributed by atoms with Crippen LogP contribution >= 0.6 is 0 Å². The third-order valence-corrected chi connectivity index (χ3v) is 3.12. The van der Waals surface area contributed by atoms with Crippen molar-refractivity contribution in [1.82, 2.24) is 5.32 Å². The minimum atomic E-state index is -0.469. The van der Waals surface area contributed by atoms with Crippen molar-refractivity contribution in [2.24, 2.45) is 0 Å². The SMILES string of the molecule is COC(=O)CNC(=O)c1ccccc1Cc1ccccc1. The van der Waals surface area contributed by atoms with Crippen molar-refractivity contribution in [3.05, 3.63) is 71.3 Å². The van der Waals surface area contributed by atoms with Gasteiger partial charge in [-0.3, -0.25) is 9.59 Å². The monoisotopic (exact) mass is 283 g/mol. The van der Waals surface area contributed by atoms with Crippen LogP contribution < -0.4 is 5.32 Å². The zero-order valence-electron chi connectivity index (χ0n) is 11.8. The molecule has 0 fully saturated rings. The fourth-order valence-corrected chi connectivity index (χ4v) is 2.03. The van der Waals surface area contributed by atoms with Gasteiger partial charge >= 0.3 is 5.97 Å². The Morgan fingerprint density at radius 2 is 1.67 bits per heavy atom. The van der Waals surface area contributed by atoms with Crippen LogP contribution in [0, 0.1) is 0 Å². The zero-order valence-corrected chi connectivity index (χ0v) is 11.8. The van der Waals surface area contributed by atoms with E-state index in [-0.39, 0.29) is 12.5 Å². The first-order chi connectivity index (χ1) is 10.2. The van der Waals surface area contributed by atoms with Crippen molar-refractivity contribution in [3.8, 4) is 0 Å². The summed E-state index contributed by atoms with van der Waals surface area (Å²) in [7, 11) is 1.29. The molecule has 0 aliphatic carbocycles. The Labute approximate surface area is 123 Å². The highest BCUT2D eigenvalue weighted by Crippen LogP contribution is 2.14. The van der Waals surface area contributed by atoms with E-state index in [4.69, 9.17) is 0 Å². The molecule has 2 aromatic carbocycles. The summed E-state index contributed by atoms with van der Waals surface area (Å²) >= 11 is 0. The maximum Gasteiger partial charge on any atom is 0.325 e. The van der Waals surface area contributed by atoms with Gasteiger partial charge in [-0.1, -0.05) is 48.5 Å². The number of nitrogens with one attached hydrogen (secondary N) is 1. The third kappa shape index (κ3) is 4.18. The fourth-order valence-electron chi connectivity index (χ4n) is 2.03. The molecule has 0 radical (unpaired) electrons. The molecule has 2 rings (SSSR count). The summed E-state index contributed by atoms with van der Waals surface area (Å²) in [5, 5.41) is 2.56. The Bertz CT molecular complexity index is 623. The van der Waals surface area contributed by atoms with E-state index in [9.17, 15) is 9.59 Å². The molecule has 0 spiro atoms. The molecule has 1 N–H and O–H groups in total. The molecular weight excluding hydrogens is 266 g/mol. The van der Waals surface area contributed by atoms with Crippen LogP contribution in [0.3, 0.4) is 0 Å². The minimum absolute atomic E-state index is 0.130. The van der Waals surface area contributed by atoms with Crippen LogP contribution in [-0.4, -0.2) is 25.5 Å². The second-order valence-electron chi connectivity index (χ2n) is 4.58. The lowest BCUT2D eigenvalue weighted by Gasteiger charge is -2.09. The highest BCUT2D eigenvalue weighted by Gasteiger charge is 2.12. The largest absolute Gasteiger partial charge is 0.468 e. The predicted octanol–water partition coefficient (Wildman–Crippen LogP) is 2.18. The number of methoxy groups -OCH3 is 1. The maximum absolute atomic E-state index is 12.2. The number of carbonyl (C=O) groups is 2. The van der Waals surface area contributed by atoms with Crippen LogP contribution in [-0.2, 0) is 16.0 Å². The molecule has 0 saturated heterocycles. The van der Waals surface area contributed by atoms with Gasteiger partial charge in [0.05, 0.1) is 7.11 Å². The van der Waals surface area contributed by atoms with Gasteiger partial charge in [0.15, 0.2) is 0 Å². The van der Waals surface area contributed by atoms with E-state index in [1.807, 2.05) is 48.5 Å². The van der Waals surface area contributed by atoms with Crippen molar-refractivity contribution in [3.63, 3.8) is 0 Å². The van der Waals surface area contributed by atoms with E-state index in [1.54, 1.807) is 6.07 Å². The average Bonchev–Trinajstić information content (AvgIpc) is 2.53. The minimum Gasteiger partial charge on any atom is -0.468 e. The topological polar surface area (TPSA) is 55.4 Å². The van der Waals surface area contributed by atoms with Crippen molar-refractivity contribution in [1.29, 1.82) is 0 Å². The molecular formula is C17H17NO3. The number of hydrogen-bond donors (Lipinski definition) is 1. The van der Waals surface area contributed by atoms with Crippen molar-refractivity contribution >= 4 is 11.9 Å². The van der Waals surface area contributed by atoms with Crippen LogP contribution in [0.5, 0.6) is 0 Å². The second-order valence-corrected chi connectivity index (χ2v) is 4.58. The molecule has 0 saturated carbocycles. The van der Waals surface area contributed by atoms with Gasteiger partial charge in [0.1, 0.15) is 6.54 Å². The lowest BCUT2D eigenvalue weighted by atomic mass is 9.99. The van der Waals surface area contributed by atoms with E-state index < -0.39 is 5.97 Å². The van der Waals surface area contributed by atoms with Gasteiger partial charge in [0, 0.05) is 5.56 Å². The standard InChI is InChI=1S/C17H17NO3/c1-21-16(19)12-18-17(20)15-10-6-5-9-14(15)11-13-7-3-2-4-8-13/h2-10H,11-12H2,1H3,(H,18,20). The summed E-state index contributed by atoms with van der Waals surface area (Å²) in [6.45, 7) is -0.130. The quantitative estimate of drug-likeness (QED) is 0.856. The van der Waals surface area contributed by atoms with Crippen LogP contribution in [0.15, 0.2) is 54.6 Å². The van der Waals surface area contributed by atoms with Crippen LogP contribution in [0.25, 0.3) is 0 Å². The first-order valence-electron chi connectivity index (χ1n) is 6.67. The Hall–Kier alpha value is -2.62.